The maximum Gasteiger partial charge on any atom is 0.253 e. The third kappa shape index (κ3) is 3.76. The zero-order valence-corrected chi connectivity index (χ0v) is 18.0. The van der Waals surface area contributed by atoms with Crippen LogP contribution in [0.5, 0.6) is 0 Å². The number of carbonyl (C=O) groups is 1. The highest BCUT2D eigenvalue weighted by atomic mass is 16.5. The first-order valence-corrected chi connectivity index (χ1v) is 11.0. The molecule has 2 fully saturated rings. The van der Waals surface area contributed by atoms with Crippen molar-refractivity contribution in [1.82, 2.24) is 25.2 Å². The van der Waals surface area contributed by atoms with Gasteiger partial charge in [-0.25, -0.2) is 0 Å². The second-order valence-electron chi connectivity index (χ2n) is 8.43. The van der Waals surface area contributed by atoms with Crippen LogP contribution in [0.15, 0.2) is 39.3 Å². The lowest BCUT2D eigenvalue weighted by Gasteiger charge is -2.34. The topological polar surface area (TPSA) is 88.5 Å². The average Bonchev–Trinajstić information content (AvgIpc) is 3.55. The van der Waals surface area contributed by atoms with Crippen LogP contribution in [0.3, 0.4) is 0 Å². The van der Waals surface area contributed by atoms with Gasteiger partial charge in [0, 0.05) is 31.1 Å². The summed E-state index contributed by atoms with van der Waals surface area (Å²) in [6.45, 7) is 5.96. The summed E-state index contributed by atoms with van der Waals surface area (Å²) in [6, 6.07) is 10.5. The summed E-state index contributed by atoms with van der Waals surface area (Å²) < 4.78 is 11.5. The van der Waals surface area contributed by atoms with E-state index >= 15 is 0 Å². The molecular weight excluding hydrogens is 394 g/mol. The number of benzene rings is 1. The minimum absolute atomic E-state index is 0.172. The zero-order chi connectivity index (χ0) is 21.4. The zero-order valence-electron chi connectivity index (χ0n) is 18.0. The van der Waals surface area contributed by atoms with Gasteiger partial charge in [-0.05, 0) is 39.2 Å². The van der Waals surface area contributed by atoms with Crippen LogP contribution in [-0.4, -0.2) is 56.2 Å². The molecule has 0 N–H and O–H groups in total. The quantitative estimate of drug-likeness (QED) is 0.621. The van der Waals surface area contributed by atoms with Gasteiger partial charge in [0.2, 0.25) is 11.8 Å². The number of likely N-dealkylation sites (tertiary alicyclic amines) is 2. The summed E-state index contributed by atoms with van der Waals surface area (Å²) in [5, 5.41) is 12.8. The minimum Gasteiger partial charge on any atom is -0.419 e. The molecule has 0 radical (unpaired) electrons. The van der Waals surface area contributed by atoms with E-state index in [1.807, 2.05) is 42.2 Å². The SMILES string of the molecule is CC(=O)N1CCC[C@H]1[C@H]1CCCN1Cc1nnc(-c2c(-c3ccccc3)noc2C)o1. The summed E-state index contributed by atoms with van der Waals surface area (Å²) in [5.41, 5.74) is 2.39. The summed E-state index contributed by atoms with van der Waals surface area (Å²) in [7, 11) is 0. The number of aryl methyl sites for hydroxylation is 1. The number of nitrogens with zero attached hydrogens (tertiary/aromatic N) is 5. The van der Waals surface area contributed by atoms with Crippen molar-refractivity contribution in [2.75, 3.05) is 13.1 Å². The standard InChI is InChI=1S/C23H27N5O3/c1-15-21(22(26-31-15)17-8-4-3-5-9-17)23-25-24-20(30-23)14-27-12-6-10-18(27)19-11-7-13-28(19)16(2)29/h3-5,8-9,18-19H,6-7,10-14H2,1-2H3/t18-,19+/m1/s1. The van der Waals surface area contributed by atoms with E-state index in [9.17, 15) is 4.79 Å². The Morgan fingerprint density at radius 1 is 1.10 bits per heavy atom. The van der Waals surface area contributed by atoms with Gasteiger partial charge in [-0.3, -0.25) is 9.69 Å². The van der Waals surface area contributed by atoms with Crippen molar-refractivity contribution >= 4 is 5.91 Å². The van der Waals surface area contributed by atoms with Crippen LogP contribution in [-0.2, 0) is 11.3 Å². The Kier molecular flexibility index (Phi) is 5.31. The fraction of sp³-hybridized carbons (Fsp3) is 0.478. The highest BCUT2D eigenvalue weighted by molar-refractivity contribution is 5.77. The minimum atomic E-state index is 0.172. The molecule has 4 heterocycles. The first-order chi connectivity index (χ1) is 15.1. The molecule has 0 spiro atoms. The Hall–Kier alpha value is -3.00. The molecule has 2 aromatic heterocycles. The Balaban J connectivity index is 1.36. The van der Waals surface area contributed by atoms with Gasteiger partial charge in [-0.2, -0.15) is 0 Å². The number of amides is 1. The van der Waals surface area contributed by atoms with Gasteiger partial charge in [0.15, 0.2) is 0 Å². The van der Waals surface area contributed by atoms with Crippen LogP contribution in [0.25, 0.3) is 22.7 Å². The Labute approximate surface area is 181 Å². The predicted molar refractivity (Wildman–Crippen MR) is 114 cm³/mol. The molecule has 8 nitrogen and oxygen atoms in total. The summed E-state index contributed by atoms with van der Waals surface area (Å²) in [4.78, 5) is 16.5. The lowest BCUT2D eigenvalue weighted by Crippen LogP contribution is -2.47. The third-order valence-corrected chi connectivity index (χ3v) is 6.49. The summed E-state index contributed by atoms with van der Waals surface area (Å²) in [5.74, 6) is 1.82. The van der Waals surface area contributed by atoms with E-state index in [1.54, 1.807) is 6.92 Å². The van der Waals surface area contributed by atoms with Crippen molar-refractivity contribution in [3.05, 3.63) is 42.0 Å². The van der Waals surface area contributed by atoms with Crippen LogP contribution in [0.4, 0.5) is 0 Å². The van der Waals surface area contributed by atoms with Gasteiger partial charge in [-0.1, -0.05) is 35.5 Å². The normalized spacial score (nSPS) is 21.8. The second kappa shape index (κ2) is 8.26. The molecule has 8 heteroatoms. The van der Waals surface area contributed by atoms with Gasteiger partial charge in [0.05, 0.1) is 6.54 Å². The largest absolute Gasteiger partial charge is 0.419 e. The van der Waals surface area contributed by atoms with Gasteiger partial charge in [0.1, 0.15) is 17.0 Å². The van der Waals surface area contributed by atoms with E-state index < -0.39 is 0 Å². The monoisotopic (exact) mass is 421 g/mol. The van der Waals surface area contributed by atoms with Crippen LogP contribution in [0.1, 0.15) is 44.3 Å². The van der Waals surface area contributed by atoms with Crippen LogP contribution in [0.2, 0.25) is 0 Å². The van der Waals surface area contributed by atoms with E-state index in [0.717, 1.165) is 49.9 Å². The average molecular weight is 422 g/mol. The molecule has 2 saturated heterocycles. The van der Waals surface area contributed by atoms with Crippen molar-refractivity contribution in [2.45, 2.75) is 58.2 Å². The van der Waals surface area contributed by atoms with Crippen molar-refractivity contribution in [2.24, 2.45) is 0 Å². The van der Waals surface area contributed by atoms with Crippen LogP contribution >= 0.6 is 0 Å². The number of rotatable bonds is 5. The molecule has 1 aromatic carbocycles. The first kappa shape index (κ1) is 19.9. The number of aromatic nitrogens is 3. The molecule has 0 aliphatic carbocycles. The second-order valence-corrected chi connectivity index (χ2v) is 8.43. The van der Waals surface area contributed by atoms with Crippen molar-refractivity contribution in [1.29, 1.82) is 0 Å². The highest BCUT2D eigenvalue weighted by Crippen LogP contribution is 2.34. The molecule has 3 aromatic rings. The smallest absolute Gasteiger partial charge is 0.253 e. The molecule has 0 saturated carbocycles. The Bertz CT molecular complexity index is 1060. The van der Waals surface area contributed by atoms with E-state index in [4.69, 9.17) is 8.94 Å². The number of hydrogen-bond acceptors (Lipinski definition) is 7. The molecule has 1 amide bonds. The highest BCUT2D eigenvalue weighted by Gasteiger charge is 2.39. The molecule has 2 aliphatic heterocycles. The van der Waals surface area contributed by atoms with Crippen molar-refractivity contribution in [3.63, 3.8) is 0 Å². The molecule has 5 rings (SSSR count). The van der Waals surface area contributed by atoms with E-state index in [2.05, 4.69) is 20.3 Å². The van der Waals surface area contributed by atoms with Crippen LogP contribution < -0.4 is 0 Å². The van der Waals surface area contributed by atoms with Gasteiger partial charge in [0.25, 0.3) is 5.89 Å². The lowest BCUT2D eigenvalue weighted by atomic mass is 10.0. The summed E-state index contributed by atoms with van der Waals surface area (Å²) in [6.07, 6.45) is 4.36. The van der Waals surface area contributed by atoms with Gasteiger partial charge < -0.3 is 13.8 Å². The molecule has 0 unspecified atom stereocenters. The van der Waals surface area contributed by atoms with Crippen LogP contribution in [0, 0.1) is 6.92 Å². The van der Waals surface area contributed by atoms with Gasteiger partial charge >= 0.3 is 0 Å². The maximum absolute atomic E-state index is 12.0. The van der Waals surface area contributed by atoms with E-state index in [0.29, 0.717) is 35.8 Å². The van der Waals surface area contributed by atoms with Gasteiger partial charge in [-0.15, -0.1) is 10.2 Å². The fourth-order valence-electron chi connectivity index (χ4n) is 5.08. The molecule has 0 bridgehead atoms. The first-order valence-electron chi connectivity index (χ1n) is 11.0. The molecular formula is C23H27N5O3. The Morgan fingerprint density at radius 3 is 2.68 bits per heavy atom. The molecule has 31 heavy (non-hydrogen) atoms. The summed E-state index contributed by atoms with van der Waals surface area (Å²) >= 11 is 0. The van der Waals surface area contributed by atoms with Crippen molar-refractivity contribution < 1.29 is 13.7 Å². The molecule has 2 aliphatic rings. The number of carbonyl (C=O) groups excluding carboxylic acids is 1. The number of hydrogen-bond donors (Lipinski definition) is 0. The van der Waals surface area contributed by atoms with E-state index in [1.165, 1.54) is 0 Å². The van der Waals surface area contributed by atoms with Crippen molar-refractivity contribution in [3.8, 4) is 22.7 Å². The predicted octanol–water partition coefficient (Wildman–Crippen LogP) is 3.68. The molecule has 2 atom stereocenters. The van der Waals surface area contributed by atoms with E-state index in [-0.39, 0.29) is 11.9 Å². The third-order valence-electron chi connectivity index (χ3n) is 6.49. The Morgan fingerprint density at radius 2 is 1.87 bits per heavy atom. The fourth-order valence-corrected chi connectivity index (χ4v) is 5.08. The molecule has 162 valence electrons. The maximum atomic E-state index is 12.0. The lowest BCUT2D eigenvalue weighted by molar-refractivity contribution is -0.130.